The molecule has 0 bridgehead atoms. The van der Waals surface area contributed by atoms with Crippen molar-refractivity contribution in [2.24, 2.45) is 0 Å². The van der Waals surface area contributed by atoms with E-state index in [0.717, 1.165) is 11.1 Å². The second-order valence-electron chi connectivity index (χ2n) is 6.69. The van der Waals surface area contributed by atoms with E-state index in [1.54, 1.807) is 6.92 Å². The second kappa shape index (κ2) is 6.97. The maximum absolute atomic E-state index is 13.5. The molecule has 6 heteroatoms. The molecule has 0 aliphatic carbocycles. The number of aryl methyl sites for hydroxylation is 1. The lowest BCUT2D eigenvalue weighted by molar-refractivity contribution is -0.0369. The number of hydrogen-bond acceptors (Lipinski definition) is 4. The van der Waals surface area contributed by atoms with E-state index in [1.807, 2.05) is 38.1 Å². The Kier molecular flexibility index (Phi) is 4.89. The van der Waals surface area contributed by atoms with E-state index in [0.29, 0.717) is 16.9 Å². The van der Waals surface area contributed by atoms with Gasteiger partial charge in [-0.05, 0) is 44.0 Å². The average molecular weight is 356 g/mol. The van der Waals surface area contributed by atoms with Crippen molar-refractivity contribution in [2.45, 2.75) is 26.4 Å². The predicted octanol–water partition coefficient (Wildman–Crippen LogP) is 3.28. The van der Waals surface area contributed by atoms with Crippen molar-refractivity contribution in [2.75, 3.05) is 13.2 Å². The molecule has 0 amide bonds. The average Bonchev–Trinajstić information content (AvgIpc) is 2.61. The van der Waals surface area contributed by atoms with Crippen LogP contribution in [0.15, 0.2) is 41.2 Å². The third kappa shape index (κ3) is 3.52. The highest BCUT2D eigenvalue weighted by molar-refractivity contribution is 5.82. The van der Waals surface area contributed by atoms with Crippen LogP contribution in [0, 0.1) is 12.7 Å². The molecule has 0 saturated carbocycles. The minimum Gasteiger partial charge on any atom is -0.394 e. The highest BCUT2D eigenvalue weighted by Crippen LogP contribution is 2.27. The summed E-state index contributed by atoms with van der Waals surface area (Å²) >= 11 is 0. The lowest BCUT2D eigenvalue weighted by atomic mass is 9.96. The molecule has 0 fully saturated rings. The van der Waals surface area contributed by atoms with Gasteiger partial charge in [-0.25, -0.2) is 9.37 Å². The maximum atomic E-state index is 13.5. The molecule has 3 aromatic rings. The molecule has 0 aliphatic heterocycles. The zero-order valence-electron chi connectivity index (χ0n) is 15.0. The van der Waals surface area contributed by atoms with Gasteiger partial charge in [-0.15, -0.1) is 0 Å². The van der Waals surface area contributed by atoms with Gasteiger partial charge in [0.25, 0.3) is 5.56 Å². The SMILES string of the molecule is Cc1cc(F)cc2c(=O)[nH]c(-c3ccc(C(C)(C)OCCO)cc3)nc12. The monoisotopic (exact) mass is 356 g/mol. The number of aromatic nitrogens is 2. The molecule has 3 rings (SSSR count). The molecule has 5 nitrogen and oxygen atoms in total. The Morgan fingerprint density at radius 3 is 2.58 bits per heavy atom. The first-order valence-electron chi connectivity index (χ1n) is 8.38. The van der Waals surface area contributed by atoms with Crippen LogP contribution in [0.4, 0.5) is 4.39 Å². The zero-order valence-corrected chi connectivity index (χ0v) is 15.0. The number of aromatic amines is 1. The maximum Gasteiger partial charge on any atom is 0.259 e. The smallest absolute Gasteiger partial charge is 0.259 e. The summed E-state index contributed by atoms with van der Waals surface area (Å²) in [6, 6.07) is 10.1. The first-order valence-corrected chi connectivity index (χ1v) is 8.38. The van der Waals surface area contributed by atoms with E-state index in [9.17, 15) is 9.18 Å². The van der Waals surface area contributed by atoms with Gasteiger partial charge in [0, 0.05) is 5.56 Å². The third-order valence-corrected chi connectivity index (χ3v) is 4.37. The number of halogens is 1. The highest BCUT2D eigenvalue weighted by atomic mass is 19.1. The van der Waals surface area contributed by atoms with Crippen molar-refractivity contribution in [1.82, 2.24) is 9.97 Å². The summed E-state index contributed by atoms with van der Waals surface area (Å²) in [5, 5.41) is 9.17. The first kappa shape index (κ1) is 18.2. The number of aliphatic hydroxyl groups is 1. The van der Waals surface area contributed by atoms with Gasteiger partial charge in [0.2, 0.25) is 0 Å². The van der Waals surface area contributed by atoms with Crippen LogP contribution >= 0.6 is 0 Å². The van der Waals surface area contributed by atoms with Crippen molar-refractivity contribution >= 4 is 10.9 Å². The van der Waals surface area contributed by atoms with Crippen LogP contribution in [0.3, 0.4) is 0 Å². The van der Waals surface area contributed by atoms with Gasteiger partial charge in [0.1, 0.15) is 11.6 Å². The molecular weight excluding hydrogens is 335 g/mol. The quantitative estimate of drug-likeness (QED) is 0.736. The molecule has 136 valence electrons. The molecular formula is C20H21FN2O3. The number of ether oxygens (including phenoxy) is 1. The van der Waals surface area contributed by atoms with Crippen LogP contribution in [0.2, 0.25) is 0 Å². The Labute approximate surface area is 150 Å². The lowest BCUT2D eigenvalue weighted by Crippen LogP contribution is -2.23. The van der Waals surface area contributed by atoms with Crippen LogP contribution in [0.25, 0.3) is 22.3 Å². The number of rotatable bonds is 5. The van der Waals surface area contributed by atoms with Crippen LogP contribution in [-0.2, 0) is 10.3 Å². The van der Waals surface area contributed by atoms with E-state index in [4.69, 9.17) is 9.84 Å². The summed E-state index contributed by atoms with van der Waals surface area (Å²) in [5.74, 6) is -0.0256. The molecule has 0 spiro atoms. The second-order valence-corrected chi connectivity index (χ2v) is 6.69. The number of nitrogens with one attached hydrogen (secondary N) is 1. The Bertz CT molecular complexity index is 994. The van der Waals surface area contributed by atoms with E-state index in [1.165, 1.54) is 12.1 Å². The van der Waals surface area contributed by atoms with E-state index >= 15 is 0 Å². The number of H-pyrrole nitrogens is 1. The molecule has 2 N–H and O–H groups in total. The van der Waals surface area contributed by atoms with Gasteiger partial charge in [0.05, 0.1) is 29.7 Å². The summed E-state index contributed by atoms with van der Waals surface area (Å²) in [4.78, 5) is 19.5. The molecule has 2 aromatic carbocycles. The normalized spacial score (nSPS) is 11.9. The summed E-state index contributed by atoms with van der Waals surface area (Å²) in [6.45, 7) is 5.79. The van der Waals surface area contributed by atoms with Crippen LogP contribution in [0.1, 0.15) is 25.0 Å². The number of nitrogens with zero attached hydrogens (tertiary/aromatic N) is 1. The van der Waals surface area contributed by atoms with Gasteiger partial charge >= 0.3 is 0 Å². The van der Waals surface area contributed by atoms with Gasteiger partial charge in [-0.3, -0.25) is 4.79 Å². The zero-order chi connectivity index (χ0) is 18.9. The molecule has 0 radical (unpaired) electrons. The van der Waals surface area contributed by atoms with Gasteiger partial charge in [0.15, 0.2) is 0 Å². The molecule has 26 heavy (non-hydrogen) atoms. The number of fused-ring (bicyclic) bond motifs is 1. The summed E-state index contributed by atoms with van der Waals surface area (Å²) in [6.07, 6.45) is 0. The fourth-order valence-electron chi connectivity index (χ4n) is 2.92. The Balaban J connectivity index is 2.01. The van der Waals surface area contributed by atoms with Crippen LogP contribution < -0.4 is 5.56 Å². The third-order valence-electron chi connectivity index (χ3n) is 4.37. The standard InChI is InChI=1S/C20H21FN2O3/c1-12-10-15(21)11-16-17(12)22-18(23-19(16)25)13-4-6-14(7-5-13)20(2,3)26-9-8-24/h4-7,10-11,24H,8-9H2,1-3H3,(H,22,23,25). The Hall–Kier alpha value is -2.57. The number of aliphatic hydroxyl groups excluding tert-OH is 1. The number of hydrogen-bond donors (Lipinski definition) is 2. The largest absolute Gasteiger partial charge is 0.394 e. The Morgan fingerprint density at radius 1 is 1.23 bits per heavy atom. The highest BCUT2D eigenvalue weighted by Gasteiger charge is 2.21. The number of benzene rings is 2. The molecule has 1 heterocycles. The van der Waals surface area contributed by atoms with Gasteiger partial charge < -0.3 is 14.8 Å². The molecule has 0 saturated heterocycles. The molecule has 0 aliphatic rings. The van der Waals surface area contributed by atoms with Crippen molar-refractivity contribution < 1.29 is 14.2 Å². The minimum absolute atomic E-state index is 0.0380. The van der Waals surface area contributed by atoms with Crippen molar-refractivity contribution in [1.29, 1.82) is 0 Å². The fraction of sp³-hybridized carbons (Fsp3) is 0.300. The lowest BCUT2D eigenvalue weighted by Gasteiger charge is -2.25. The van der Waals surface area contributed by atoms with E-state index in [-0.39, 0.29) is 24.2 Å². The first-order chi connectivity index (χ1) is 12.3. The Morgan fingerprint density at radius 2 is 1.92 bits per heavy atom. The molecule has 0 unspecified atom stereocenters. The van der Waals surface area contributed by atoms with Gasteiger partial charge in [-0.1, -0.05) is 24.3 Å². The molecule has 1 aromatic heterocycles. The summed E-state index contributed by atoms with van der Waals surface area (Å²) < 4.78 is 19.2. The topological polar surface area (TPSA) is 75.2 Å². The van der Waals surface area contributed by atoms with Gasteiger partial charge in [-0.2, -0.15) is 0 Å². The van der Waals surface area contributed by atoms with E-state index < -0.39 is 11.4 Å². The van der Waals surface area contributed by atoms with Crippen molar-refractivity contribution in [3.05, 3.63) is 63.7 Å². The van der Waals surface area contributed by atoms with Crippen molar-refractivity contribution in [3.63, 3.8) is 0 Å². The minimum atomic E-state index is -0.542. The van der Waals surface area contributed by atoms with Crippen molar-refractivity contribution in [3.8, 4) is 11.4 Å². The predicted molar refractivity (Wildman–Crippen MR) is 98.6 cm³/mol. The fourth-order valence-corrected chi connectivity index (χ4v) is 2.92. The van der Waals surface area contributed by atoms with E-state index in [2.05, 4.69) is 9.97 Å². The molecule has 0 atom stereocenters. The summed E-state index contributed by atoms with van der Waals surface area (Å²) in [5.41, 5.74) is 1.87. The van der Waals surface area contributed by atoms with Crippen LogP contribution in [-0.4, -0.2) is 28.3 Å². The van der Waals surface area contributed by atoms with Crippen LogP contribution in [0.5, 0.6) is 0 Å². The summed E-state index contributed by atoms with van der Waals surface area (Å²) in [7, 11) is 0.